The Morgan fingerprint density at radius 3 is 2.50 bits per heavy atom. The second kappa shape index (κ2) is 5.62. The third-order valence-corrected chi connectivity index (χ3v) is 4.19. The molecule has 0 saturated heterocycles. The Balaban J connectivity index is 1.94. The summed E-state index contributed by atoms with van der Waals surface area (Å²) in [5, 5.41) is 5.01. The summed E-state index contributed by atoms with van der Waals surface area (Å²) in [4.78, 5) is 17.3. The molecule has 0 saturated carbocycles. The van der Waals surface area contributed by atoms with Crippen LogP contribution in [0.25, 0.3) is 0 Å². The standard InChI is InChI=1S/C13H18N4O2S/c1-7-10(4)20-11(15-7)6-19-12(18)5-17-9(3)13(14)8(2)16-17/h5-6,14H2,1-4H3. The van der Waals surface area contributed by atoms with Gasteiger partial charge in [0.1, 0.15) is 18.2 Å². The molecule has 2 aromatic heterocycles. The molecule has 0 aliphatic rings. The number of carbonyl (C=O) groups is 1. The minimum Gasteiger partial charge on any atom is -0.457 e. The number of carbonyl (C=O) groups excluding carboxylic acids is 1. The zero-order valence-corrected chi connectivity index (χ0v) is 12.9. The molecule has 0 aliphatic carbocycles. The molecule has 108 valence electrons. The van der Waals surface area contributed by atoms with Gasteiger partial charge in [0.2, 0.25) is 0 Å². The number of thiazole rings is 1. The van der Waals surface area contributed by atoms with Crippen LogP contribution in [0.3, 0.4) is 0 Å². The molecule has 0 aromatic carbocycles. The van der Waals surface area contributed by atoms with Gasteiger partial charge in [-0.25, -0.2) is 4.98 Å². The van der Waals surface area contributed by atoms with Crippen LogP contribution in [0, 0.1) is 27.7 Å². The second-order valence-corrected chi connectivity index (χ2v) is 5.94. The van der Waals surface area contributed by atoms with Crippen molar-refractivity contribution in [2.45, 2.75) is 40.8 Å². The van der Waals surface area contributed by atoms with Crippen LogP contribution >= 0.6 is 11.3 Å². The van der Waals surface area contributed by atoms with Crippen LogP contribution in [-0.2, 0) is 22.7 Å². The molecule has 0 radical (unpaired) electrons. The molecule has 0 atom stereocenters. The largest absolute Gasteiger partial charge is 0.457 e. The van der Waals surface area contributed by atoms with Gasteiger partial charge in [-0.3, -0.25) is 9.48 Å². The zero-order chi connectivity index (χ0) is 14.9. The second-order valence-electron chi connectivity index (χ2n) is 4.65. The first-order valence-electron chi connectivity index (χ1n) is 6.26. The molecule has 0 fully saturated rings. The van der Waals surface area contributed by atoms with Gasteiger partial charge < -0.3 is 10.5 Å². The van der Waals surface area contributed by atoms with Crippen LogP contribution in [0.2, 0.25) is 0 Å². The fourth-order valence-electron chi connectivity index (χ4n) is 1.78. The van der Waals surface area contributed by atoms with E-state index in [0.29, 0.717) is 5.69 Å². The smallest absolute Gasteiger partial charge is 0.328 e. The van der Waals surface area contributed by atoms with Crippen molar-refractivity contribution in [1.82, 2.24) is 14.8 Å². The average Bonchev–Trinajstić information content (AvgIpc) is 2.83. The quantitative estimate of drug-likeness (QED) is 0.871. The topological polar surface area (TPSA) is 83.0 Å². The Bertz CT molecular complexity index is 626. The van der Waals surface area contributed by atoms with E-state index in [0.717, 1.165) is 27.0 Å². The first-order valence-corrected chi connectivity index (χ1v) is 7.08. The van der Waals surface area contributed by atoms with E-state index in [1.807, 2.05) is 27.7 Å². The Morgan fingerprint density at radius 1 is 1.30 bits per heavy atom. The highest BCUT2D eigenvalue weighted by atomic mass is 32.1. The lowest BCUT2D eigenvalue weighted by atomic mass is 10.3. The number of nitrogen functional groups attached to an aromatic ring is 1. The van der Waals surface area contributed by atoms with Crippen molar-refractivity contribution in [2.75, 3.05) is 5.73 Å². The predicted molar refractivity (Wildman–Crippen MR) is 77.5 cm³/mol. The minimum absolute atomic E-state index is 0.0627. The molecule has 7 heteroatoms. The monoisotopic (exact) mass is 294 g/mol. The number of anilines is 1. The van der Waals surface area contributed by atoms with Gasteiger partial charge in [-0.15, -0.1) is 11.3 Å². The summed E-state index contributed by atoms with van der Waals surface area (Å²) in [5.74, 6) is -0.346. The molecule has 20 heavy (non-hydrogen) atoms. The number of aromatic nitrogens is 3. The van der Waals surface area contributed by atoms with E-state index in [1.54, 1.807) is 16.0 Å². The lowest BCUT2D eigenvalue weighted by Crippen LogP contribution is -2.15. The maximum absolute atomic E-state index is 11.8. The van der Waals surface area contributed by atoms with Gasteiger partial charge in [-0.2, -0.15) is 5.10 Å². The molecule has 0 spiro atoms. The van der Waals surface area contributed by atoms with Crippen molar-refractivity contribution in [2.24, 2.45) is 0 Å². The molecule has 0 aliphatic heterocycles. The fraction of sp³-hybridized carbons (Fsp3) is 0.462. The maximum Gasteiger partial charge on any atom is 0.328 e. The Hall–Kier alpha value is -1.89. The molecule has 6 nitrogen and oxygen atoms in total. The Kier molecular flexibility index (Phi) is 4.08. The zero-order valence-electron chi connectivity index (χ0n) is 12.1. The van der Waals surface area contributed by atoms with Gasteiger partial charge in [0.15, 0.2) is 0 Å². The number of nitrogens with two attached hydrogens (primary N) is 1. The van der Waals surface area contributed by atoms with E-state index < -0.39 is 0 Å². The SMILES string of the molecule is Cc1nc(COC(=O)Cn2nc(C)c(N)c2C)sc1C. The van der Waals surface area contributed by atoms with E-state index in [1.165, 1.54) is 0 Å². The Morgan fingerprint density at radius 2 is 2.00 bits per heavy atom. The number of hydrogen-bond acceptors (Lipinski definition) is 6. The molecular weight excluding hydrogens is 276 g/mol. The molecule has 2 rings (SSSR count). The third-order valence-electron chi connectivity index (χ3n) is 3.15. The van der Waals surface area contributed by atoms with Crippen LogP contribution in [0.1, 0.15) is 27.0 Å². The van der Waals surface area contributed by atoms with Crippen LogP contribution in [0.4, 0.5) is 5.69 Å². The number of nitrogens with zero attached hydrogens (tertiary/aromatic N) is 3. The maximum atomic E-state index is 11.8. The van der Waals surface area contributed by atoms with E-state index in [-0.39, 0.29) is 19.1 Å². The lowest BCUT2D eigenvalue weighted by Gasteiger charge is -2.04. The summed E-state index contributed by atoms with van der Waals surface area (Å²) >= 11 is 1.54. The molecule has 0 unspecified atom stereocenters. The summed E-state index contributed by atoms with van der Waals surface area (Å²) in [5.41, 5.74) is 8.91. The van der Waals surface area contributed by atoms with E-state index >= 15 is 0 Å². The molecule has 2 heterocycles. The number of aryl methyl sites for hydroxylation is 3. The van der Waals surface area contributed by atoms with Gasteiger partial charge >= 0.3 is 5.97 Å². The first-order chi connectivity index (χ1) is 9.38. The lowest BCUT2D eigenvalue weighted by molar-refractivity contribution is -0.145. The van der Waals surface area contributed by atoms with Crippen LogP contribution < -0.4 is 5.73 Å². The van der Waals surface area contributed by atoms with Gasteiger partial charge in [0, 0.05) is 4.88 Å². The van der Waals surface area contributed by atoms with Gasteiger partial charge in [-0.1, -0.05) is 0 Å². The van der Waals surface area contributed by atoms with Crippen molar-refractivity contribution < 1.29 is 9.53 Å². The molecule has 2 N–H and O–H groups in total. The minimum atomic E-state index is -0.346. The van der Waals surface area contributed by atoms with Crippen molar-refractivity contribution >= 4 is 23.0 Å². The number of rotatable bonds is 4. The fourth-order valence-corrected chi connectivity index (χ4v) is 2.62. The van der Waals surface area contributed by atoms with Crippen molar-refractivity contribution in [1.29, 1.82) is 0 Å². The highest BCUT2D eigenvalue weighted by Gasteiger charge is 2.13. The van der Waals surface area contributed by atoms with Gasteiger partial charge in [0.25, 0.3) is 0 Å². The summed E-state index contributed by atoms with van der Waals surface area (Å²) in [7, 11) is 0. The molecule has 2 aromatic rings. The number of esters is 1. The predicted octanol–water partition coefficient (Wildman–Crippen LogP) is 1.90. The Labute approximate surface area is 121 Å². The summed E-state index contributed by atoms with van der Waals surface area (Å²) in [6.45, 7) is 7.84. The van der Waals surface area contributed by atoms with Gasteiger partial charge in [-0.05, 0) is 27.7 Å². The van der Waals surface area contributed by atoms with Crippen molar-refractivity contribution in [3.05, 3.63) is 27.0 Å². The average molecular weight is 294 g/mol. The molecular formula is C13H18N4O2S. The normalized spacial score (nSPS) is 10.8. The summed E-state index contributed by atoms with van der Waals surface area (Å²) < 4.78 is 6.77. The summed E-state index contributed by atoms with van der Waals surface area (Å²) in [6.07, 6.45) is 0. The number of hydrogen-bond donors (Lipinski definition) is 1. The summed E-state index contributed by atoms with van der Waals surface area (Å²) in [6, 6.07) is 0. The van der Waals surface area contributed by atoms with Crippen LogP contribution in [-0.4, -0.2) is 20.7 Å². The highest BCUT2D eigenvalue weighted by Crippen LogP contribution is 2.18. The molecule has 0 bridgehead atoms. The van der Waals surface area contributed by atoms with Gasteiger partial charge in [0.05, 0.1) is 22.8 Å². The van der Waals surface area contributed by atoms with E-state index in [2.05, 4.69) is 10.1 Å². The van der Waals surface area contributed by atoms with E-state index in [4.69, 9.17) is 10.5 Å². The molecule has 0 amide bonds. The first kappa shape index (κ1) is 14.5. The van der Waals surface area contributed by atoms with Crippen LogP contribution in [0.5, 0.6) is 0 Å². The number of ether oxygens (including phenoxy) is 1. The van der Waals surface area contributed by atoms with Crippen LogP contribution in [0.15, 0.2) is 0 Å². The van der Waals surface area contributed by atoms with Crippen molar-refractivity contribution in [3.63, 3.8) is 0 Å². The highest BCUT2D eigenvalue weighted by molar-refractivity contribution is 7.11. The van der Waals surface area contributed by atoms with Crippen molar-refractivity contribution in [3.8, 4) is 0 Å². The third kappa shape index (κ3) is 2.98. The van der Waals surface area contributed by atoms with E-state index in [9.17, 15) is 4.79 Å².